The Hall–Kier alpha value is -2.13. The van der Waals surface area contributed by atoms with Crippen LogP contribution < -0.4 is 10.0 Å². The number of nitrogens with zero attached hydrogens (tertiary/aromatic N) is 1. The molecule has 3 N–H and O–H groups in total. The van der Waals surface area contributed by atoms with Crippen LogP contribution >= 0.6 is 0 Å². The predicted molar refractivity (Wildman–Crippen MR) is 109 cm³/mol. The van der Waals surface area contributed by atoms with Gasteiger partial charge in [0.05, 0.1) is 18.0 Å². The second-order valence-corrected chi connectivity index (χ2v) is 9.59. The van der Waals surface area contributed by atoms with E-state index in [9.17, 15) is 13.2 Å². The molecule has 0 bridgehead atoms. The minimum Gasteiger partial charge on any atom is -0.462 e. The summed E-state index contributed by atoms with van der Waals surface area (Å²) in [6.07, 6.45) is 6.56. The second-order valence-electron chi connectivity index (χ2n) is 7.62. The van der Waals surface area contributed by atoms with Crippen LogP contribution in [-0.4, -0.2) is 49.3 Å². The number of pyridine rings is 1. The summed E-state index contributed by atoms with van der Waals surface area (Å²) in [5.74, 6) is -0.107. The van der Waals surface area contributed by atoms with Gasteiger partial charge in [0.25, 0.3) is 0 Å². The lowest BCUT2D eigenvalue weighted by Gasteiger charge is -2.39. The number of esters is 1. The first-order chi connectivity index (χ1) is 13.3. The number of aromatic amines is 1. The molecule has 0 atom stereocenters. The maximum Gasteiger partial charge on any atom is 0.341 e. The Labute approximate surface area is 165 Å². The van der Waals surface area contributed by atoms with Gasteiger partial charge in [-0.25, -0.2) is 22.9 Å². The van der Waals surface area contributed by atoms with E-state index < -0.39 is 16.0 Å². The van der Waals surface area contributed by atoms with Crippen LogP contribution in [0.25, 0.3) is 11.0 Å². The number of hydrogen-bond acceptors (Lipinski definition) is 6. The molecule has 9 heteroatoms. The van der Waals surface area contributed by atoms with Crippen LogP contribution in [0.3, 0.4) is 0 Å². The van der Waals surface area contributed by atoms with Gasteiger partial charge < -0.3 is 15.0 Å². The highest BCUT2D eigenvalue weighted by Gasteiger charge is 2.34. The molecule has 3 rings (SSSR count). The normalized spacial score (nSPS) is 22.9. The van der Waals surface area contributed by atoms with E-state index in [1.807, 2.05) is 6.07 Å². The van der Waals surface area contributed by atoms with Gasteiger partial charge in [0.15, 0.2) is 0 Å². The monoisotopic (exact) mass is 408 g/mol. The number of carbonyl (C=O) groups excluding carboxylic acids is 1. The van der Waals surface area contributed by atoms with Crippen LogP contribution in [0.5, 0.6) is 0 Å². The van der Waals surface area contributed by atoms with Gasteiger partial charge in [0, 0.05) is 23.3 Å². The molecule has 154 valence electrons. The van der Waals surface area contributed by atoms with Crippen molar-refractivity contribution < 1.29 is 17.9 Å². The fourth-order valence-corrected chi connectivity index (χ4v) is 4.93. The largest absolute Gasteiger partial charge is 0.462 e. The molecule has 8 nitrogen and oxygen atoms in total. The molecule has 0 aromatic carbocycles. The molecule has 2 heterocycles. The number of anilines is 1. The Morgan fingerprint density at radius 3 is 2.75 bits per heavy atom. The quantitative estimate of drug-likeness (QED) is 0.607. The highest BCUT2D eigenvalue weighted by Crippen LogP contribution is 2.37. The zero-order valence-corrected chi connectivity index (χ0v) is 17.4. The van der Waals surface area contributed by atoms with Crippen molar-refractivity contribution in [2.45, 2.75) is 45.1 Å². The van der Waals surface area contributed by atoms with Gasteiger partial charge in [-0.15, -0.1) is 0 Å². The predicted octanol–water partition coefficient (Wildman–Crippen LogP) is 2.65. The van der Waals surface area contributed by atoms with Crippen LogP contribution in [-0.2, 0) is 14.8 Å². The van der Waals surface area contributed by atoms with Crippen LogP contribution in [0.4, 0.5) is 5.69 Å². The third-order valence-corrected chi connectivity index (χ3v) is 7.02. The molecule has 2 aromatic heterocycles. The standard InChI is InChI=1S/C19H28N4O4S/c1-4-27-18(24)15-11-22-17-14(7-10-21-17)16(15)23-19(2)8-5-13(6-9-19)12-28(25,26)20-3/h7,10-11,13,20H,4-6,8-9,12H2,1-3H3,(H2,21,22,23). The summed E-state index contributed by atoms with van der Waals surface area (Å²) in [5.41, 5.74) is 1.59. The zero-order chi connectivity index (χ0) is 20.4. The van der Waals surface area contributed by atoms with Gasteiger partial charge in [-0.1, -0.05) is 0 Å². The van der Waals surface area contributed by atoms with Crippen molar-refractivity contribution in [2.75, 3.05) is 24.7 Å². The molecule has 0 saturated heterocycles. The molecule has 0 radical (unpaired) electrons. The number of ether oxygens (including phenoxy) is 1. The Kier molecular flexibility index (Phi) is 5.95. The Morgan fingerprint density at radius 2 is 2.11 bits per heavy atom. The summed E-state index contributed by atoms with van der Waals surface area (Å²) in [4.78, 5) is 19.8. The van der Waals surface area contributed by atoms with Crippen molar-refractivity contribution in [2.24, 2.45) is 5.92 Å². The summed E-state index contributed by atoms with van der Waals surface area (Å²) in [5, 5.41) is 4.41. The molecule has 1 fully saturated rings. The van der Waals surface area contributed by atoms with Crippen LogP contribution in [0, 0.1) is 5.92 Å². The fourth-order valence-electron chi connectivity index (χ4n) is 3.81. The number of fused-ring (bicyclic) bond motifs is 1. The number of H-pyrrole nitrogens is 1. The van der Waals surface area contributed by atoms with Crippen molar-refractivity contribution in [3.05, 3.63) is 24.0 Å². The molecule has 2 aromatic rings. The van der Waals surface area contributed by atoms with E-state index in [1.165, 1.54) is 13.2 Å². The summed E-state index contributed by atoms with van der Waals surface area (Å²) in [7, 11) is -1.75. The third-order valence-electron chi connectivity index (χ3n) is 5.48. The summed E-state index contributed by atoms with van der Waals surface area (Å²) < 4.78 is 31.2. The maximum absolute atomic E-state index is 12.4. The molecule has 0 unspecified atom stereocenters. The molecule has 28 heavy (non-hydrogen) atoms. The first kappa shape index (κ1) is 20.6. The average Bonchev–Trinajstić information content (AvgIpc) is 3.13. The molecular formula is C19H28N4O4S. The lowest BCUT2D eigenvalue weighted by molar-refractivity contribution is 0.0527. The molecule has 1 saturated carbocycles. The summed E-state index contributed by atoms with van der Waals surface area (Å²) >= 11 is 0. The molecule has 1 aliphatic rings. The van der Waals surface area contributed by atoms with E-state index >= 15 is 0 Å². The van der Waals surface area contributed by atoms with E-state index in [1.54, 1.807) is 13.1 Å². The highest BCUT2D eigenvalue weighted by molar-refractivity contribution is 7.89. The SMILES string of the molecule is CCOC(=O)c1cnc2[nH]ccc2c1NC1(C)CCC(CS(=O)(=O)NC)CC1. The van der Waals surface area contributed by atoms with Crippen LogP contribution in [0.1, 0.15) is 49.9 Å². The lowest BCUT2D eigenvalue weighted by Crippen LogP contribution is -2.41. The van der Waals surface area contributed by atoms with Crippen molar-refractivity contribution >= 4 is 32.7 Å². The van der Waals surface area contributed by atoms with Crippen LogP contribution in [0.2, 0.25) is 0 Å². The van der Waals surface area contributed by atoms with E-state index in [2.05, 4.69) is 26.9 Å². The van der Waals surface area contributed by atoms with E-state index in [4.69, 9.17) is 4.74 Å². The number of sulfonamides is 1. The zero-order valence-electron chi connectivity index (χ0n) is 16.5. The molecule has 1 aliphatic carbocycles. The van der Waals surface area contributed by atoms with Crippen molar-refractivity contribution in [1.29, 1.82) is 0 Å². The first-order valence-electron chi connectivity index (χ1n) is 9.59. The number of aromatic nitrogens is 2. The first-order valence-corrected chi connectivity index (χ1v) is 11.2. The number of carbonyl (C=O) groups is 1. The summed E-state index contributed by atoms with van der Waals surface area (Å²) in [6, 6.07) is 1.89. The minimum absolute atomic E-state index is 0.140. The van der Waals surface area contributed by atoms with E-state index in [-0.39, 0.29) is 17.2 Å². The number of rotatable bonds is 7. The fraction of sp³-hybridized carbons (Fsp3) is 0.579. The smallest absolute Gasteiger partial charge is 0.341 e. The topological polar surface area (TPSA) is 113 Å². The third kappa shape index (κ3) is 4.47. The van der Waals surface area contributed by atoms with E-state index in [0.29, 0.717) is 23.5 Å². The van der Waals surface area contributed by atoms with Gasteiger partial charge in [-0.2, -0.15) is 0 Å². The molecular weight excluding hydrogens is 380 g/mol. The molecule has 0 amide bonds. The van der Waals surface area contributed by atoms with Gasteiger partial charge in [0.1, 0.15) is 11.2 Å². The lowest BCUT2D eigenvalue weighted by atomic mass is 9.78. The Balaban J connectivity index is 1.81. The van der Waals surface area contributed by atoms with Gasteiger partial charge in [0.2, 0.25) is 10.0 Å². The molecule has 0 aliphatic heterocycles. The number of nitrogens with one attached hydrogen (secondary N) is 3. The van der Waals surface area contributed by atoms with E-state index in [0.717, 1.165) is 31.1 Å². The minimum atomic E-state index is -3.20. The Bertz CT molecular complexity index is 946. The molecule has 0 spiro atoms. The van der Waals surface area contributed by atoms with Crippen LogP contribution in [0.15, 0.2) is 18.5 Å². The van der Waals surface area contributed by atoms with Crippen molar-refractivity contribution in [1.82, 2.24) is 14.7 Å². The van der Waals surface area contributed by atoms with Gasteiger partial charge >= 0.3 is 5.97 Å². The van der Waals surface area contributed by atoms with Crippen molar-refractivity contribution in [3.8, 4) is 0 Å². The number of hydrogen-bond donors (Lipinski definition) is 3. The average molecular weight is 409 g/mol. The maximum atomic E-state index is 12.4. The van der Waals surface area contributed by atoms with Gasteiger partial charge in [-0.3, -0.25) is 0 Å². The highest BCUT2D eigenvalue weighted by atomic mass is 32.2. The Morgan fingerprint density at radius 1 is 1.39 bits per heavy atom. The van der Waals surface area contributed by atoms with Crippen molar-refractivity contribution in [3.63, 3.8) is 0 Å². The summed E-state index contributed by atoms with van der Waals surface area (Å²) in [6.45, 7) is 4.18. The second kappa shape index (κ2) is 8.08. The van der Waals surface area contributed by atoms with Gasteiger partial charge in [-0.05, 0) is 58.6 Å².